The molecule has 1 unspecified atom stereocenters. The summed E-state index contributed by atoms with van der Waals surface area (Å²) in [7, 11) is 0. The van der Waals surface area contributed by atoms with E-state index in [2.05, 4.69) is 24.3 Å². The van der Waals surface area contributed by atoms with E-state index in [1.54, 1.807) is 6.20 Å². The number of nitrogens with zero attached hydrogens (tertiary/aromatic N) is 3. The third-order valence-corrected chi connectivity index (χ3v) is 4.71. The first-order valence-electron chi connectivity index (χ1n) is 8.83. The van der Waals surface area contributed by atoms with Crippen molar-refractivity contribution in [3.05, 3.63) is 12.3 Å². The minimum absolute atomic E-state index is 0.0750. The summed E-state index contributed by atoms with van der Waals surface area (Å²) in [5.41, 5.74) is 0. The number of aryl methyl sites for hydroxylation is 1. The monoisotopic (exact) mass is 320 g/mol. The molecule has 1 aromatic heterocycles. The summed E-state index contributed by atoms with van der Waals surface area (Å²) in [6, 6.07) is 2.26. The van der Waals surface area contributed by atoms with Crippen molar-refractivity contribution in [1.82, 2.24) is 15.1 Å². The van der Waals surface area contributed by atoms with E-state index in [4.69, 9.17) is 4.74 Å². The van der Waals surface area contributed by atoms with Crippen LogP contribution in [-0.2, 0) is 16.1 Å². The van der Waals surface area contributed by atoms with Gasteiger partial charge in [0.1, 0.15) is 5.82 Å². The van der Waals surface area contributed by atoms with E-state index in [9.17, 15) is 4.79 Å². The molecule has 0 radical (unpaired) electrons. The van der Waals surface area contributed by atoms with Crippen LogP contribution in [-0.4, -0.2) is 46.5 Å². The highest BCUT2D eigenvalue weighted by Gasteiger charge is 2.37. The van der Waals surface area contributed by atoms with Crippen LogP contribution in [0.2, 0.25) is 0 Å². The maximum Gasteiger partial charge on any atom is 0.245 e. The van der Waals surface area contributed by atoms with Gasteiger partial charge < -0.3 is 10.1 Å². The molecule has 2 fully saturated rings. The standard InChI is InChI=1S/C17H28N4O2/c1-4-21-16(7-8-18-21)20-9-5-6-15(17(20)22)19-13-10-14(11-13)23-12(2)3/h7-8,12-15,19H,4-6,9-11H2,1-3H3. The Bertz CT molecular complexity index is 536. The van der Waals surface area contributed by atoms with Crippen molar-refractivity contribution >= 4 is 11.7 Å². The Morgan fingerprint density at radius 1 is 1.43 bits per heavy atom. The number of amides is 1. The van der Waals surface area contributed by atoms with Crippen molar-refractivity contribution in [2.24, 2.45) is 0 Å². The van der Waals surface area contributed by atoms with Gasteiger partial charge in [0.2, 0.25) is 5.91 Å². The van der Waals surface area contributed by atoms with E-state index < -0.39 is 0 Å². The number of nitrogens with one attached hydrogen (secondary N) is 1. The van der Waals surface area contributed by atoms with Crippen molar-refractivity contribution in [2.75, 3.05) is 11.4 Å². The molecule has 23 heavy (non-hydrogen) atoms. The number of carbonyl (C=O) groups excluding carboxylic acids is 1. The fourth-order valence-corrected chi connectivity index (χ4v) is 3.54. The van der Waals surface area contributed by atoms with Gasteiger partial charge in [-0.15, -0.1) is 0 Å². The molecule has 6 heteroatoms. The lowest BCUT2D eigenvalue weighted by Crippen LogP contribution is -2.57. The zero-order chi connectivity index (χ0) is 16.4. The molecule has 128 valence electrons. The molecule has 2 aliphatic rings. The molecule has 1 N–H and O–H groups in total. The lowest BCUT2D eigenvalue weighted by Gasteiger charge is -2.41. The predicted molar refractivity (Wildman–Crippen MR) is 89.4 cm³/mol. The van der Waals surface area contributed by atoms with Crippen LogP contribution in [0.15, 0.2) is 12.3 Å². The predicted octanol–water partition coefficient (Wildman–Crippen LogP) is 1.94. The summed E-state index contributed by atoms with van der Waals surface area (Å²) in [6.45, 7) is 7.75. The zero-order valence-electron chi connectivity index (χ0n) is 14.4. The van der Waals surface area contributed by atoms with E-state index in [-0.39, 0.29) is 18.1 Å². The number of ether oxygens (including phenoxy) is 1. The third kappa shape index (κ3) is 3.58. The van der Waals surface area contributed by atoms with E-state index in [0.717, 1.165) is 44.6 Å². The van der Waals surface area contributed by atoms with Gasteiger partial charge in [0.15, 0.2) is 0 Å². The van der Waals surface area contributed by atoms with Crippen LogP contribution in [0.5, 0.6) is 0 Å². The van der Waals surface area contributed by atoms with Crippen LogP contribution in [0.4, 0.5) is 5.82 Å². The Morgan fingerprint density at radius 3 is 2.91 bits per heavy atom. The molecule has 0 spiro atoms. The highest BCUT2D eigenvalue weighted by molar-refractivity contribution is 5.97. The molecule has 6 nitrogen and oxygen atoms in total. The number of anilines is 1. The van der Waals surface area contributed by atoms with Crippen molar-refractivity contribution in [1.29, 1.82) is 0 Å². The van der Waals surface area contributed by atoms with Gasteiger partial charge in [0, 0.05) is 25.2 Å². The van der Waals surface area contributed by atoms with E-state index in [0.29, 0.717) is 12.1 Å². The van der Waals surface area contributed by atoms with Gasteiger partial charge >= 0.3 is 0 Å². The Kier molecular flexibility index (Phi) is 5.02. The number of hydrogen-bond donors (Lipinski definition) is 1. The van der Waals surface area contributed by atoms with Gasteiger partial charge in [-0.25, -0.2) is 4.68 Å². The minimum Gasteiger partial charge on any atom is -0.375 e. The number of hydrogen-bond acceptors (Lipinski definition) is 4. The maximum absolute atomic E-state index is 12.8. The summed E-state index contributed by atoms with van der Waals surface area (Å²) >= 11 is 0. The van der Waals surface area contributed by atoms with Gasteiger partial charge in [0.25, 0.3) is 0 Å². The Morgan fingerprint density at radius 2 is 2.22 bits per heavy atom. The number of carbonyl (C=O) groups is 1. The topological polar surface area (TPSA) is 59.4 Å². The fourth-order valence-electron chi connectivity index (χ4n) is 3.54. The van der Waals surface area contributed by atoms with Crippen molar-refractivity contribution < 1.29 is 9.53 Å². The lowest BCUT2D eigenvalue weighted by atomic mass is 9.87. The van der Waals surface area contributed by atoms with Crippen LogP contribution in [0, 0.1) is 0 Å². The SMILES string of the molecule is CCn1nccc1N1CCCC(NC2CC(OC(C)C)C2)C1=O. The second-order valence-corrected chi connectivity index (χ2v) is 6.83. The molecule has 2 heterocycles. The quantitative estimate of drug-likeness (QED) is 0.870. The van der Waals surface area contributed by atoms with Gasteiger partial charge in [-0.3, -0.25) is 9.69 Å². The average Bonchev–Trinajstić information content (AvgIpc) is 2.94. The summed E-state index contributed by atoms with van der Waals surface area (Å²) in [5, 5.41) is 7.82. The second kappa shape index (κ2) is 7.01. The summed E-state index contributed by atoms with van der Waals surface area (Å²) < 4.78 is 7.68. The molecule has 0 bridgehead atoms. The third-order valence-electron chi connectivity index (χ3n) is 4.71. The van der Waals surface area contributed by atoms with Crippen LogP contribution in [0.25, 0.3) is 0 Å². The molecule has 1 aliphatic carbocycles. The molecule has 1 saturated carbocycles. The van der Waals surface area contributed by atoms with Gasteiger partial charge in [0.05, 0.1) is 24.4 Å². The molecule has 1 aromatic rings. The molecule has 1 aliphatic heterocycles. The number of piperidine rings is 1. The number of aromatic nitrogens is 2. The number of rotatable bonds is 6. The van der Waals surface area contributed by atoms with Gasteiger partial charge in [-0.1, -0.05) is 0 Å². The summed E-state index contributed by atoms with van der Waals surface area (Å²) in [5.74, 6) is 1.10. The Hall–Kier alpha value is -1.40. The zero-order valence-corrected chi connectivity index (χ0v) is 14.4. The first-order chi connectivity index (χ1) is 11.1. The second-order valence-electron chi connectivity index (χ2n) is 6.83. The van der Waals surface area contributed by atoms with Gasteiger partial charge in [-0.2, -0.15) is 5.10 Å². The molecular weight excluding hydrogens is 292 g/mol. The minimum atomic E-state index is -0.0750. The normalized spacial score (nSPS) is 28.3. The lowest BCUT2D eigenvalue weighted by molar-refractivity contribution is -0.123. The van der Waals surface area contributed by atoms with Crippen molar-refractivity contribution in [3.63, 3.8) is 0 Å². The largest absolute Gasteiger partial charge is 0.375 e. The molecule has 0 aromatic carbocycles. The summed E-state index contributed by atoms with van der Waals surface area (Å²) in [6.07, 6.45) is 6.36. The highest BCUT2D eigenvalue weighted by Crippen LogP contribution is 2.27. The molecule has 1 atom stereocenters. The molecule has 1 amide bonds. The van der Waals surface area contributed by atoms with Crippen LogP contribution < -0.4 is 10.2 Å². The van der Waals surface area contributed by atoms with E-state index >= 15 is 0 Å². The van der Waals surface area contributed by atoms with E-state index in [1.165, 1.54) is 0 Å². The smallest absolute Gasteiger partial charge is 0.245 e. The molecular formula is C17H28N4O2. The highest BCUT2D eigenvalue weighted by atomic mass is 16.5. The molecule has 1 saturated heterocycles. The maximum atomic E-state index is 12.8. The van der Waals surface area contributed by atoms with Crippen LogP contribution >= 0.6 is 0 Å². The Labute approximate surface area is 138 Å². The van der Waals surface area contributed by atoms with Crippen molar-refractivity contribution in [3.8, 4) is 0 Å². The first kappa shape index (κ1) is 16.5. The first-order valence-corrected chi connectivity index (χ1v) is 8.83. The summed E-state index contributed by atoms with van der Waals surface area (Å²) in [4.78, 5) is 14.7. The fraction of sp³-hybridized carbons (Fsp3) is 0.765. The van der Waals surface area contributed by atoms with E-state index in [1.807, 2.05) is 22.6 Å². The average molecular weight is 320 g/mol. The van der Waals surface area contributed by atoms with Crippen LogP contribution in [0.3, 0.4) is 0 Å². The molecule has 3 rings (SSSR count). The van der Waals surface area contributed by atoms with Crippen molar-refractivity contribution in [2.45, 2.75) is 77.3 Å². The van der Waals surface area contributed by atoms with Crippen LogP contribution in [0.1, 0.15) is 46.5 Å². The Balaban J connectivity index is 1.56. The van der Waals surface area contributed by atoms with Gasteiger partial charge in [-0.05, 0) is 46.5 Å².